The molecule has 0 heterocycles. The van der Waals surface area contributed by atoms with Crippen molar-refractivity contribution in [3.63, 3.8) is 0 Å². The number of aliphatic hydroxyl groups excluding tert-OH is 1. The standard InChI is InChI=1S/C13H14O/c1-10(2)4-9-13(14)12-7-5-11(3)6-8-12/h5-8,13-14H,1H2,2-3H3/t13-/m0/s1. The van der Waals surface area contributed by atoms with Gasteiger partial charge in [-0.1, -0.05) is 48.2 Å². The summed E-state index contributed by atoms with van der Waals surface area (Å²) in [5.74, 6) is 5.49. The van der Waals surface area contributed by atoms with Gasteiger partial charge in [0.25, 0.3) is 0 Å². The molecular formula is C13H14O. The molecule has 14 heavy (non-hydrogen) atoms. The fourth-order valence-electron chi connectivity index (χ4n) is 1.02. The van der Waals surface area contributed by atoms with Crippen LogP contribution in [-0.2, 0) is 0 Å². The van der Waals surface area contributed by atoms with Crippen molar-refractivity contribution in [1.29, 1.82) is 0 Å². The zero-order valence-electron chi connectivity index (χ0n) is 8.54. The first-order valence-electron chi connectivity index (χ1n) is 4.51. The van der Waals surface area contributed by atoms with Crippen LogP contribution in [0.2, 0.25) is 0 Å². The van der Waals surface area contributed by atoms with E-state index in [4.69, 9.17) is 0 Å². The van der Waals surface area contributed by atoms with Crippen LogP contribution in [0, 0.1) is 18.8 Å². The van der Waals surface area contributed by atoms with Gasteiger partial charge in [-0.2, -0.15) is 0 Å². The second-order valence-electron chi connectivity index (χ2n) is 3.36. The number of hydrogen-bond donors (Lipinski definition) is 1. The molecule has 1 rings (SSSR count). The first-order valence-corrected chi connectivity index (χ1v) is 4.51. The van der Waals surface area contributed by atoms with Gasteiger partial charge < -0.3 is 5.11 Å². The van der Waals surface area contributed by atoms with Crippen molar-refractivity contribution in [2.24, 2.45) is 0 Å². The highest BCUT2D eigenvalue weighted by molar-refractivity contribution is 5.32. The van der Waals surface area contributed by atoms with Gasteiger partial charge >= 0.3 is 0 Å². The van der Waals surface area contributed by atoms with Crippen molar-refractivity contribution >= 4 is 0 Å². The van der Waals surface area contributed by atoms with E-state index in [2.05, 4.69) is 18.4 Å². The largest absolute Gasteiger partial charge is 0.376 e. The Kier molecular flexibility index (Phi) is 3.50. The Bertz CT molecular complexity index is 376. The summed E-state index contributed by atoms with van der Waals surface area (Å²) in [5, 5.41) is 9.65. The smallest absolute Gasteiger partial charge is 0.140 e. The minimum absolute atomic E-state index is 0.715. The second-order valence-corrected chi connectivity index (χ2v) is 3.36. The first-order chi connectivity index (χ1) is 6.59. The Labute approximate surface area is 85.1 Å². The van der Waals surface area contributed by atoms with Gasteiger partial charge in [-0.15, -0.1) is 0 Å². The SMILES string of the molecule is C=C(C)C#C[C@H](O)c1ccc(C)cc1. The molecule has 0 fully saturated rings. The van der Waals surface area contributed by atoms with Gasteiger partial charge in [0.15, 0.2) is 0 Å². The maximum atomic E-state index is 9.65. The van der Waals surface area contributed by atoms with E-state index >= 15 is 0 Å². The summed E-state index contributed by atoms with van der Waals surface area (Å²) >= 11 is 0. The quantitative estimate of drug-likeness (QED) is 0.668. The van der Waals surface area contributed by atoms with Crippen molar-refractivity contribution in [3.05, 3.63) is 47.5 Å². The van der Waals surface area contributed by atoms with E-state index < -0.39 is 6.10 Å². The molecule has 0 unspecified atom stereocenters. The average Bonchev–Trinajstić information content (AvgIpc) is 2.15. The summed E-state index contributed by atoms with van der Waals surface area (Å²) in [4.78, 5) is 0. The predicted molar refractivity (Wildman–Crippen MR) is 58.7 cm³/mol. The van der Waals surface area contributed by atoms with E-state index in [1.54, 1.807) is 0 Å². The molecule has 1 N–H and O–H groups in total. The zero-order valence-corrected chi connectivity index (χ0v) is 8.54. The lowest BCUT2D eigenvalue weighted by atomic mass is 10.1. The zero-order chi connectivity index (χ0) is 10.6. The summed E-state index contributed by atoms with van der Waals surface area (Å²) in [6.07, 6.45) is -0.715. The van der Waals surface area contributed by atoms with Crippen molar-refractivity contribution in [1.82, 2.24) is 0 Å². The highest BCUT2D eigenvalue weighted by Gasteiger charge is 2.01. The minimum atomic E-state index is -0.715. The predicted octanol–water partition coefficient (Wildman–Crippen LogP) is 2.61. The molecule has 0 aromatic heterocycles. The Balaban J connectivity index is 2.81. The van der Waals surface area contributed by atoms with E-state index in [9.17, 15) is 5.11 Å². The lowest BCUT2D eigenvalue weighted by Crippen LogP contribution is -1.93. The number of rotatable bonds is 1. The lowest BCUT2D eigenvalue weighted by Gasteiger charge is -2.03. The van der Waals surface area contributed by atoms with Crippen LogP contribution in [0.4, 0.5) is 0 Å². The number of aliphatic hydroxyl groups is 1. The van der Waals surface area contributed by atoms with E-state index in [0.29, 0.717) is 0 Å². The van der Waals surface area contributed by atoms with Crippen molar-refractivity contribution in [2.75, 3.05) is 0 Å². The third-order valence-electron chi connectivity index (χ3n) is 1.82. The summed E-state index contributed by atoms with van der Waals surface area (Å²) in [6.45, 7) is 7.47. The fourth-order valence-corrected chi connectivity index (χ4v) is 1.02. The molecular weight excluding hydrogens is 172 g/mol. The van der Waals surface area contributed by atoms with Crippen LogP contribution < -0.4 is 0 Å². The average molecular weight is 186 g/mol. The van der Waals surface area contributed by atoms with Crippen LogP contribution in [0.1, 0.15) is 24.2 Å². The van der Waals surface area contributed by atoms with Gasteiger partial charge in [0.1, 0.15) is 6.10 Å². The fraction of sp³-hybridized carbons (Fsp3) is 0.231. The summed E-state index contributed by atoms with van der Waals surface area (Å²) in [7, 11) is 0. The van der Waals surface area contributed by atoms with Crippen molar-refractivity contribution in [2.45, 2.75) is 20.0 Å². The van der Waals surface area contributed by atoms with Crippen LogP contribution in [0.15, 0.2) is 36.4 Å². The van der Waals surface area contributed by atoms with E-state index in [0.717, 1.165) is 11.1 Å². The van der Waals surface area contributed by atoms with Gasteiger partial charge in [0.2, 0.25) is 0 Å². The third-order valence-corrected chi connectivity index (χ3v) is 1.82. The van der Waals surface area contributed by atoms with Crippen molar-refractivity contribution < 1.29 is 5.11 Å². The van der Waals surface area contributed by atoms with Crippen LogP contribution in [0.5, 0.6) is 0 Å². The van der Waals surface area contributed by atoms with Gasteiger partial charge in [0, 0.05) is 0 Å². The van der Waals surface area contributed by atoms with E-state index in [1.807, 2.05) is 38.1 Å². The summed E-state index contributed by atoms with van der Waals surface area (Å²) in [5.41, 5.74) is 2.76. The molecule has 0 spiro atoms. The highest BCUT2D eigenvalue weighted by Crippen LogP contribution is 2.12. The van der Waals surface area contributed by atoms with E-state index in [1.165, 1.54) is 5.56 Å². The Morgan fingerprint density at radius 2 is 1.93 bits per heavy atom. The molecule has 0 amide bonds. The Hall–Kier alpha value is -1.52. The Morgan fingerprint density at radius 1 is 1.36 bits per heavy atom. The van der Waals surface area contributed by atoms with Crippen LogP contribution in [0.3, 0.4) is 0 Å². The van der Waals surface area contributed by atoms with Gasteiger partial charge in [0.05, 0.1) is 0 Å². The van der Waals surface area contributed by atoms with Crippen molar-refractivity contribution in [3.8, 4) is 11.8 Å². The summed E-state index contributed by atoms with van der Waals surface area (Å²) < 4.78 is 0. The molecule has 0 saturated carbocycles. The number of benzene rings is 1. The highest BCUT2D eigenvalue weighted by atomic mass is 16.3. The molecule has 0 aliphatic carbocycles. The maximum Gasteiger partial charge on any atom is 0.140 e. The van der Waals surface area contributed by atoms with Gasteiger partial charge in [-0.05, 0) is 25.0 Å². The topological polar surface area (TPSA) is 20.2 Å². The number of hydrogen-bond acceptors (Lipinski definition) is 1. The lowest BCUT2D eigenvalue weighted by molar-refractivity contribution is 0.238. The molecule has 0 saturated heterocycles. The van der Waals surface area contributed by atoms with Gasteiger partial charge in [-0.3, -0.25) is 0 Å². The second kappa shape index (κ2) is 4.64. The molecule has 0 radical (unpaired) electrons. The maximum absolute atomic E-state index is 9.65. The van der Waals surface area contributed by atoms with Crippen LogP contribution >= 0.6 is 0 Å². The molecule has 0 bridgehead atoms. The number of allylic oxidation sites excluding steroid dienone is 1. The molecule has 0 aliphatic rings. The minimum Gasteiger partial charge on any atom is -0.376 e. The molecule has 1 aromatic carbocycles. The normalized spacial score (nSPS) is 11.4. The first kappa shape index (κ1) is 10.6. The van der Waals surface area contributed by atoms with E-state index in [-0.39, 0.29) is 0 Å². The Morgan fingerprint density at radius 3 is 2.43 bits per heavy atom. The number of aryl methyl sites for hydroxylation is 1. The van der Waals surface area contributed by atoms with Crippen LogP contribution in [-0.4, -0.2) is 5.11 Å². The van der Waals surface area contributed by atoms with Crippen LogP contribution in [0.25, 0.3) is 0 Å². The molecule has 72 valence electrons. The molecule has 1 aromatic rings. The molecule has 1 atom stereocenters. The summed E-state index contributed by atoms with van der Waals surface area (Å²) in [6, 6.07) is 7.68. The third kappa shape index (κ3) is 3.08. The molecule has 1 heteroatoms. The van der Waals surface area contributed by atoms with Gasteiger partial charge in [-0.25, -0.2) is 0 Å². The molecule has 0 aliphatic heterocycles. The monoisotopic (exact) mass is 186 g/mol. The molecule has 1 nitrogen and oxygen atoms in total.